The summed E-state index contributed by atoms with van der Waals surface area (Å²) in [6.07, 6.45) is 1.35. The number of aromatic nitrogens is 1. The topological polar surface area (TPSA) is 54.0 Å². The summed E-state index contributed by atoms with van der Waals surface area (Å²) in [6, 6.07) is 8.11. The molecule has 106 valence electrons. The lowest BCUT2D eigenvalue weighted by molar-refractivity contribution is -0.116. The van der Waals surface area contributed by atoms with Crippen LogP contribution >= 0.6 is 11.3 Å². The molecule has 0 saturated heterocycles. The lowest BCUT2D eigenvalue weighted by Gasteiger charge is -2.02. The van der Waals surface area contributed by atoms with Crippen molar-refractivity contribution in [2.75, 3.05) is 18.9 Å². The maximum atomic E-state index is 11.7. The van der Waals surface area contributed by atoms with Crippen molar-refractivity contribution in [1.29, 1.82) is 0 Å². The van der Waals surface area contributed by atoms with Gasteiger partial charge >= 0.3 is 0 Å². The van der Waals surface area contributed by atoms with Crippen LogP contribution in [-0.4, -0.2) is 24.5 Å². The Hall–Kier alpha value is -1.72. The van der Waals surface area contributed by atoms with Gasteiger partial charge in [0, 0.05) is 17.4 Å². The van der Waals surface area contributed by atoms with Crippen LogP contribution in [0.3, 0.4) is 0 Å². The first-order valence-corrected chi connectivity index (χ1v) is 7.54. The van der Waals surface area contributed by atoms with Crippen LogP contribution in [0, 0.1) is 6.92 Å². The maximum absolute atomic E-state index is 11.7. The van der Waals surface area contributed by atoms with Gasteiger partial charge in [-0.05, 0) is 32.5 Å². The monoisotopic (exact) mass is 289 g/mol. The molecule has 0 saturated carbocycles. The van der Waals surface area contributed by atoms with Gasteiger partial charge < -0.3 is 10.6 Å². The Balaban J connectivity index is 1.99. The van der Waals surface area contributed by atoms with Crippen molar-refractivity contribution in [3.05, 3.63) is 35.2 Å². The van der Waals surface area contributed by atoms with Gasteiger partial charge in [0.05, 0.1) is 5.69 Å². The van der Waals surface area contributed by atoms with Crippen molar-refractivity contribution in [3.63, 3.8) is 0 Å². The highest BCUT2D eigenvalue weighted by atomic mass is 32.1. The fraction of sp³-hybridized carbons (Fsp3) is 0.333. The molecule has 2 N–H and O–H groups in total. The largest absolute Gasteiger partial charge is 0.320 e. The van der Waals surface area contributed by atoms with E-state index in [-0.39, 0.29) is 5.91 Å². The summed E-state index contributed by atoms with van der Waals surface area (Å²) in [4.78, 5) is 16.2. The highest BCUT2D eigenvalue weighted by Gasteiger charge is 2.09. The van der Waals surface area contributed by atoms with E-state index in [1.807, 2.05) is 30.6 Å². The summed E-state index contributed by atoms with van der Waals surface area (Å²) in [7, 11) is 1.88. The first-order valence-electron chi connectivity index (χ1n) is 6.66. The van der Waals surface area contributed by atoms with Gasteiger partial charge in [0.25, 0.3) is 0 Å². The van der Waals surface area contributed by atoms with Gasteiger partial charge in [-0.1, -0.05) is 24.3 Å². The molecule has 1 aromatic carbocycles. The van der Waals surface area contributed by atoms with E-state index in [2.05, 4.69) is 28.6 Å². The van der Waals surface area contributed by atoms with Crippen molar-refractivity contribution >= 4 is 22.4 Å². The van der Waals surface area contributed by atoms with Crippen molar-refractivity contribution in [2.45, 2.75) is 19.8 Å². The predicted molar refractivity (Wildman–Crippen MR) is 84.1 cm³/mol. The number of thiazole rings is 1. The number of nitrogens with zero attached hydrogens (tertiary/aromatic N) is 1. The summed E-state index contributed by atoms with van der Waals surface area (Å²) in [5, 5.41) is 8.52. The molecule has 5 heteroatoms. The fourth-order valence-corrected chi connectivity index (χ4v) is 2.65. The quantitative estimate of drug-likeness (QED) is 0.804. The number of rotatable bonds is 6. The third-order valence-electron chi connectivity index (χ3n) is 3.00. The highest BCUT2D eigenvalue weighted by Crippen LogP contribution is 2.27. The molecule has 1 aromatic heterocycles. The molecular formula is C15H19N3OS. The number of carbonyl (C=O) groups is 1. The van der Waals surface area contributed by atoms with Crippen LogP contribution in [-0.2, 0) is 4.79 Å². The van der Waals surface area contributed by atoms with Crippen molar-refractivity contribution in [2.24, 2.45) is 0 Å². The second-order valence-corrected chi connectivity index (χ2v) is 5.47. The predicted octanol–water partition coefficient (Wildman–Crippen LogP) is 3.06. The molecule has 1 heterocycles. The number of nitrogens with one attached hydrogen (secondary N) is 2. The van der Waals surface area contributed by atoms with Crippen LogP contribution < -0.4 is 10.6 Å². The molecule has 0 fully saturated rings. The van der Waals surface area contributed by atoms with Gasteiger partial charge in [-0.3, -0.25) is 4.79 Å². The summed E-state index contributed by atoms with van der Waals surface area (Å²) in [5.41, 5.74) is 3.21. The van der Waals surface area contributed by atoms with Gasteiger partial charge in [-0.15, -0.1) is 11.3 Å². The summed E-state index contributed by atoms with van der Waals surface area (Å²) in [6.45, 7) is 2.91. The molecule has 2 rings (SSSR count). The molecule has 0 atom stereocenters. The minimum atomic E-state index is 0.0194. The second kappa shape index (κ2) is 7.17. The van der Waals surface area contributed by atoms with Crippen LogP contribution in [0.5, 0.6) is 0 Å². The summed E-state index contributed by atoms with van der Waals surface area (Å²) in [5.74, 6) is 0.0194. The third kappa shape index (κ3) is 3.88. The van der Waals surface area contributed by atoms with Gasteiger partial charge in [-0.25, -0.2) is 4.98 Å². The Labute approximate surface area is 123 Å². The Bertz CT molecular complexity index is 580. The number of carbonyl (C=O) groups excluding carboxylic acids is 1. The lowest BCUT2D eigenvalue weighted by Crippen LogP contribution is -2.15. The minimum Gasteiger partial charge on any atom is -0.320 e. The van der Waals surface area contributed by atoms with Crippen LogP contribution in [0.1, 0.15) is 18.4 Å². The molecule has 0 aliphatic rings. The molecule has 1 amide bonds. The Morgan fingerprint density at radius 2 is 2.15 bits per heavy atom. The number of anilines is 1. The van der Waals surface area contributed by atoms with Gasteiger partial charge in [0.2, 0.25) is 5.91 Å². The van der Waals surface area contributed by atoms with E-state index >= 15 is 0 Å². The van der Waals surface area contributed by atoms with Gasteiger partial charge in [-0.2, -0.15) is 0 Å². The molecule has 0 unspecified atom stereocenters. The summed E-state index contributed by atoms with van der Waals surface area (Å²) >= 11 is 1.46. The standard InChI is InChI=1S/C15H19N3OS/c1-11-6-3-4-7-12(11)13-10-20-15(17-13)18-14(19)8-5-9-16-2/h3-4,6-7,10,16H,5,8-9H2,1-2H3,(H,17,18,19). The fourth-order valence-electron chi connectivity index (χ4n) is 1.92. The normalized spacial score (nSPS) is 10.5. The Morgan fingerprint density at radius 3 is 2.90 bits per heavy atom. The molecule has 0 bridgehead atoms. The lowest BCUT2D eigenvalue weighted by atomic mass is 10.1. The molecule has 0 radical (unpaired) electrons. The zero-order valence-corrected chi connectivity index (χ0v) is 12.6. The number of aryl methyl sites for hydroxylation is 1. The van der Waals surface area contributed by atoms with Crippen molar-refractivity contribution in [1.82, 2.24) is 10.3 Å². The van der Waals surface area contributed by atoms with E-state index in [0.29, 0.717) is 11.6 Å². The maximum Gasteiger partial charge on any atom is 0.226 e. The number of benzene rings is 1. The third-order valence-corrected chi connectivity index (χ3v) is 3.76. The Kier molecular flexibility index (Phi) is 5.26. The molecule has 0 aliphatic carbocycles. The SMILES string of the molecule is CNCCCC(=O)Nc1nc(-c2ccccc2C)cs1. The Morgan fingerprint density at radius 1 is 1.35 bits per heavy atom. The molecule has 2 aromatic rings. The van der Waals surface area contributed by atoms with Gasteiger partial charge in [0.1, 0.15) is 0 Å². The number of amides is 1. The number of hydrogen-bond donors (Lipinski definition) is 2. The van der Waals surface area contributed by atoms with Crippen molar-refractivity contribution < 1.29 is 4.79 Å². The molecule has 0 aliphatic heterocycles. The highest BCUT2D eigenvalue weighted by molar-refractivity contribution is 7.14. The molecule has 20 heavy (non-hydrogen) atoms. The van der Waals surface area contributed by atoms with E-state index in [9.17, 15) is 4.79 Å². The molecule has 0 spiro atoms. The second-order valence-electron chi connectivity index (χ2n) is 4.61. The van der Waals surface area contributed by atoms with Crippen molar-refractivity contribution in [3.8, 4) is 11.3 Å². The van der Waals surface area contributed by atoms with E-state index in [1.54, 1.807) is 0 Å². The number of hydrogen-bond acceptors (Lipinski definition) is 4. The average molecular weight is 289 g/mol. The first kappa shape index (κ1) is 14.7. The average Bonchev–Trinajstić information content (AvgIpc) is 2.88. The molecular weight excluding hydrogens is 270 g/mol. The van der Waals surface area contributed by atoms with E-state index in [0.717, 1.165) is 24.2 Å². The molecule has 4 nitrogen and oxygen atoms in total. The zero-order chi connectivity index (χ0) is 14.4. The minimum absolute atomic E-state index is 0.0194. The first-order chi connectivity index (χ1) is 9.70. The van der Waals surface area contributed by atoms with Crippen LogP contribution in [0.4, 0.5) is 5.13 Å². The van der Waals surface area contributed by atoms with E-state index < -0.39 is 0 Å². The van der Waals surface area contributed by atoms with E-state index in [1.165, 1.54) is 16.9 Å². The van der Waals surface area contributed by atoms with Crippen LogP contribution in [0.2, 0.25) is 0 Å². The van der Waals surface area contributed by atoms with E-state index in [4.69, 9.17) is 0 Å². The van der Waals surface area contributed by atoms with Crippen LogP contribution in [0.15, 0.2) is 29.6 Å². The summed E-state index contributed by atoms with van der Waals surface area (Å²) < 4.78 is 0. The zero-order valence-electron chi connectivity index (χ0n) is 11.8. The van der Waals surface area contributed by atoms with Gasteiger partial charge in [0.15, 0.2) is 5.13 Å². The smallest absolute Gasteiger partial charge is 0.226 e. The van der Waals surface area contributed by atoms with Crippen LogP contribution in [0.25, 0.3) is 11.3 Å².